The van der Waals surface area contributed by atoms with E-state index in [4.69, 9.17) is 0 Å². The van der Waals surface area contributed by atoms with E-state index < -0.39 is 58.1 Å². The van der Waals surface area contributed by atoms with Gasteiger partial charge >= 0.3 is 0 Å². The Bertz CT molecular complexity index is 1120. The Hall–Kier alpha value is -3.30. The first-order chi connectivity index (χ1) is 14.7. The molecule has 1 saturated carbocycles. The van der Waals surface area contributed by atoms with E-state index in [1.54, 1.807) is 7.05 Å². The summed E-state index contributed by atoms with van der Waals surface area (Å²) in [7, 11) is 1.62. The number of nitrogens with zero attached hydrogens (tertiary/aromatic N) is 2. The summed E-state index contributed by atoms with van der Waals surface area (Å²) < 4.78 is 42.2. The van der Waals surface area contributed by atoms with Crippen LogP contribution in [0.15, 0.2) is 23.1 Å². The Labute approximate surface area is 175 Å². The molecule has 1 aromatic carbocycles. The van der Waals surface area contributed by atoms with E-state index in [0.29, 0.717) is 18.6 Å². The molecule has 2 atom stereocenters. The molecule has 0 saturated heterocycles. The second kappa shape index (κ2) is 7.75. The Balaban J connectivity index is 1.69. The molecule has 2 aromatic rings. The van der Waals surface area contributed by atoms with E-state index in [-0.39, 0.29) is 17.8 Å². The third-order valence-electron chi connectivity index (χ3n) is 6.06. The number of aromatic nitrogens is 1. The highest BCUT2D eigenvalue weighted by Crippen LogP contribution is 2.38. The first-order valence-corrected chi connectivity index (χ1v) is 9.87. The van der Waals surface area contributed by atoms with Crippen molar-refractivity contribution in [3.8, 4) is 5.75 Å². The highest BCUT2D eigenvalue weighted by molar-refractivity contribution is 5.99. The normalized spacial score (nSPS) is 20.3. The zero-order chi connectivity index (χ0) is 22.4. The molecule has 2 amide bonds. The molecule has 10 heteroatoms. The predicted molar refractivity (Wildman–Crippen MR) is 103 cm³/mol. The van der Waals surface area contributed by atoms with Crippen LogP contribution in [-0.2, 0) is 6.54 Å². The molecule has 1 aliphatic carbocycles. The minimum Gasteiger partial charge on any atom is -0.503 e. The van der Waals surface area contributed by atoms with Gasteiger partial charge in [0.2, 0.25) is 5.43 Å². The number of carbonyl (C=O) groups is 2. The van der Waals surface area contributed by atoms with Crippen molar-refractivity contribution < 1.29 is 27.9 Å². The van der Waals surface area contributed by atoms with E-state index in [1.165, 1.54) is 15.7 Å². The number of fused-ring (bicyclic) bond motifs is 3. The zero-order valence-corrected chi connectivity index (χ0v) is 16.6. The maximum Gasteiger partial charge on any atom is 0.274 e. The second-order valence-corrected chi connectivity index (χ2v) is 7.84. The minimum absolute atomic E-state index is 0.131. The third-order valence-corrected chi connectivity index (χ3v) is 6.06. The molecule has 2 aliphatic rings. The van der Waals surface area contributed by atoms with Gasteiger partial charge in [0.25, 0.3) is 11.8 Å². The summed E-state index contributed by atoms with van der Waals surface area (Å²) >= 11 is 0. The van der Waals surface area contributed by atoms with Gasteiger partial charge in [0.05, 0.1) is 12.1 Å². The fourth-order valence-corrected chi connectivity index (χ4v) is 4.45. The van der Waals surface area contributed by atoms with Crippen LogP contribution in [0.3, 0.4) is 0 Å². The summed E-state index contributed by atoms with van der Waals surface area (Å²) in [5.41, 5.74) is -2.25. The van der Waals surface area contributed by atoms with Crippen LogP contribution in [0, 0.1) is 17.5 Å². The van der Waals surface area contributed by atoms with Crippen LogP contribution >= 0.6 is 0 Å². The summed E-state index contributed by atoms with van der Waals surface area (Å²) in [6.45, 7) is -0.632. The molecule has 164 valence electrons. The SMILES string of the molecule is CN1C(=O)c2c(O)c(=O)c(C(=O)NCc3c(F)cc(F)cc3F)cn2[C@@H]2CCCC[C@@H]21. The van der Waals surface area contributed by atoms with Crippen LogP contribution in [0.1, 0.15) is 58.1 Å². The fraction of sp³-hybridized carbons (Fsp3) is 0.381. The van der Waals surface area contributed by atoms with Gasteiger partial charge in [-0.1, -0.05) is 12.8 Å². The second-order valence-electron chi connectivity index (χ2n) is 7.84. The molecule has 0 spiro atoms. The van der Waals surface area contributed by atoms with E-state index in [0.717, 1.165) is 19.3 Å². The van der Waals surface area contributed by atoms with Crippen molar-refractivity contribution in [2.24, 2.45) is 0 Å². The smallest absolute Gasteiger partial charge is 0.274 e. The number of hydrogen-bond acceptors (Lipinski definition) is 4. The summed E-state index contributed by atoms with van der Waals surface area (Å²) in [6, 6.07) is 0.621. The van der Waals surface area contributed by atoms with Crippen LogP contribution < -0.4 is 10.7 Å². The van der Waals surface area contributed by atoms with Gasteiger partial charge in [-0.05, 0) is 12.8 Å². The zero-order valence-electron chi connectivity index (χ0n) is 16.6. The molecule has 4 rings (SSSR count). The molecule has 0 bridgehead atoms. The fourth-order valence-electron chi connectivity index (χ4n) is 4.45. The molecule has 7 nitrogen and oxygen atoms in total. The monoisotopic (exact) mass is 435 g/mol. The number of pyridine rings is 1. The van der Waals surface area contributed by atoms with Gasteiger partial charge in [-0.15, -0.1) is 0 Å². The van der Waals surface area contributed by atoms with Crippen LogP contribution in [0.25, 0.3) is 0 Å². The summed E-state index contributed by atoms with van der Waals surface area (Å²) in [4.78, 5) is 39.5. The topological polar surface area (TPSA) is 91.6 Å². The van der Waals surface area contributed by atoms with Crippen molar-refractivity contribution in [3.63, 3.8) is 0 Å². The number of carbonyl (C=O) groups excluding carboxylic acids is 2. The van der Waals surface area contributed by atoms with Gasteiger partial charge < -0.3 is 19.9 Å². The molecular weight excluding hydrogens is 415 g/mol. The highest BCUT2D eigenvalue weighted by Gasteiger charge is 2.41. The Morgan fingerprint density at radius 2 is 1.74 bits per heavy atom. The minimum atomic E-state index is -1.18. The maximum absolute atomic E-state index is 13.8. The van der Waals surface area contributed by atoms with Crippen LogP contribution in [0.4, 0.5) is 13.2 Å². The van der Waals surface area contributed by atoms with Crippen molar-refractivity contribution in [2.45, 2.75) is 44.3 Å². The molecule has 0 unspecified atom stereocenters. The standard InChI is InChI=1S/C21H20F3N3O4/c1-26-15-4-2-3-5-16(15)27-9-12(18(28)19(29)17(27)21(26)31)20(30)25-8-11-13(23)6-10(22)7-14(11)24/h6-7,9,15-16,29H,2-5,8H2,1H3,(H,25,30)/t15-,16+/m0/s1. The molecule has 1 fully saturated rings. The van der Waals surface area contributed by atoms with Crippen LogP contribution in [-0.4, -0.2) is 39.5 Å². The van der Waals surface area contributed by atoms with Crippen molar-refractivity contribution in [3.05, 3.63) is 62.8 Å². The molecule has 0 radical (unpaired) electrons. The third kappa shape index (κ3) is 3.45. The number of hydrogen-bond donors (Lipinski definition) is 2. The number of likely N-dealkylation sites (N-methyl/N-ethyl adjacent to an activating group) is 1. The lowest BCUT2D eigenvalue weighted by atomic mass is 9.86. The van der Waals surface area contributed by atoms with Gasteiger partial charge in [-0.25, -0.2) is 13.2 Å². The molecule has 1 aromatic heterocycles. The number of benzene rings is 1. The van der Waals surface area contributed by atoms with E-state index in [2.05, 4.69) is 5.32 Å². The average molecular weight is 435 g/mol. The predicted octanol–water partition coefficient (Wildman–Crippen LogP) is 2.47. The van der Waals surface area contributed by atoms with Gasteiger partial charge in [-0.2, -0.15) is 0 Å². The summed E-state index contributed by atoms with van der Waals surface area (Å²) in [5, 5.41) is 12.7. The largest absolute Gasteiger partial charge is 0.503 e. The summed E-state index contributed by atoms with van der Waals surface area (Å²) in [6.07, 6.45) is 4.50. The van der Waals surface area contributed by atoms with E-state index >= 15 is 0 Å². The lowest BCUT2D eigenvalue weighted by Gasteiger charge is -2.44. The van der Waals surface area contributed by atoms with Gasteiger partial charge in [0, 0.05) is 37.5 Å². The number of nitrogens with one attached hydrogen (secondary N) is 1. The average Bonchev–Trinajstić information content (AvgIpc) is 2.73. The Kier molecular flexibility index (Phi) is 5.24. The lowest BCUT2D eigenvalue weighted by Crippen LogP contribution is -2.51. The van der Waals surface area contributed by atoms with Crippen molar-refractivity contribution in [2.75, 3.05) is 7.05 Å². The molecule has 2 heterocycles. The quantitative estimate of drug-likeness (QED) is 0.775. The van der Waals surface area contributed by atoms with E-state index in [9.17, 15) is 32.7 Å². The first-order valence-electron chi connectivity index (χ1n) is 9.87. The van der Waals surface area contributed by atoms with Gasteiger partial charge in [0.15, 0.2) is 11.4 Å². The number of aromatic hydroxyl groups is 1. The summed E-state index contributed by atoms with van der Waals surface area (Å²) in [5.74, 6) is -5.78. The lowest BCUT2D eigenvalue weighted by molar-refractivity contribution is 0.0507. The molecular formula is C21H20F3N3O4. The Morgan fingerprint density at radius 1 is 1.13 bits per heavy atom. The number of halogens is 3. The van der Waals surface area contributed by atoms with Crippen molar-refractivity contribution in [1.29, 1.82) is 0 Å². The Morgan fingerprint density at radius 3 is 2.39 bits per heavy atom. The van der Waals surface area contributed by atoms with Crippen molar-refractivity contribution in [1.82, 2.24) is 14.8 Å². The van der Waals surface area contributed by atoms with Crippen molar-refractivity contribution >= 4 is 11.8 Å². The highest BCUT2D eigenvalue weighted by atomic mass is 19.1. The first kappa shape index (κ1) is 21.0. The molecule has 31 heavy (non-hydrogen) atoms. The number of amides is 2. The number of rotatable bonds is 3. The van der Waals surface area contributed by atoms with Crippen LogP contribution in [0.5, 0.6) is 5.75 Å². The van der Waals surface area contributed by atoms with Crippen LogP contribution in [0.2, 0.25) is 0 Å². The van der Waals surface area contributed by atoms with Gasteiger partial charge in [-0.3, -0.25) is 14.4 Å². The van der Waals surface area contributed by atoms with Gasteiger partial charge in [0.1, 0.15) is 23.0 Å². The maximum atomic E-state index is 13.8. The molecule has 1 aliphatic heterocycles. The van der Waals surface area contributed by atoms with E-state index in [1.807, 2.05) is 0 Å². The molecule has 2 N–H and O–H groups in total.